The third kappa shape index (κ3) is 2.72. The van der Waals surface area contributed by atoms with Crippen molar-refractivity contribution in [1.29, 1.82) is 0 Å². The van der Waals surface area contributed by atoms with Crippen LogP contribution in [0.25, 0.3) is 0 Å². The molecule has 2 N–H and O–H groups in total. The molecule has 0 bridgehead atoms. The number of nitrogens with two attached hydrogens (primary N) is 1. The summed E-state index contributed by atoms with van der Waals surface area (Å²) in [6.07, 6.45) is 3.48. The van der Waals surface area contributed by atoms with Crippen LogP contribution in [0, 0.1) is 5.92 Å². The molecule has 3 unspecified atom stereocenters. The van der Waals surface area contributed by atoms with Crippen molar-refractivity contribution in [2.75, 3.05) is 32.2 Å². The second kappa shape index (κ2) is 5.31. The van der Waals surface area contributed by atoms with E-state index in [-0.39, 0.29) is 17.2 Å². The minimum Gasteiger partial charge on any atom is -0.374 e. The fourth-order valence-corrected chi connectivity index (χ4v) is 4.49. The van der Waals surface area contributed by atoms with Crippen LogP contribution in [0.15, 0.2) is 0 Å². The molecule has 18 heavy (non-hydrogen) atoms. The lowest BCUT2D eigenvalue weighted by atomic mass is 9.75. The lowest BCUT2D eigenvalue weighted by Gasteiger charge is -2.46. The Balaban J connectivity index is 2.04. The number of hydrogen-bond donors (Lipinski definition) is 1. The number of ether oxygens (including phenoxy) is 1. The van der Waals surface area contributed by atoms with Gasteiger partial charge in [0.25, 0.3) is 0 Å². The minimum atomic E-state index is 0.0505. The summed E-state index contributed by atoms with van der Waals surface area (Å²) < 4.78 is 6.09. The van der Waals surface area contributed by atoms with Gasteiger partial charge in [0.2, 0.25) is 0 Å². The van der Waals surface area contributed by atoms with Gasteiger partial charge < -0.3 is 15.4 Å². The van der Waals surface area contributed by atoms with Crippen LogP contribution in [-0.2, 0) is 4.74 Å². The van der Waals surface area contributed by atoms with Gasteiger partial charge in [-0.25, -0.2) is 0 Å². The van der Waals surface area contributed by atoms with Crippen LogP contribution >= 0.6 is 11.8 Å². The fourth-order valence-electron chi connectivity index (χ4n) is 3.11. The van der Waals surface area contributed by atoms with Crippen molar-refractivity contribution in [3.63, 3.8) is 0 Å². The van der Waals surface area contributed by atoms with Crippen LogP contribution in [0.4, 0.5) is 0 Å². The maximum absolute atomic E-state index is 6.57. The standard InChI is InChI=1S/C14H28N2OS/c1-13(2,16(3)4)12(15)11-5-7-17-14(9-11)6-8-18-10-14/h11-12H,5-10,15H2,1-4H3. The molecule has 0 aliphatic carbocycles. The largest absolute Gasteiger partial charge is 0.374 e. The van der Waals surface area contributed by atoms with Gasteiger partial charge in [-0.1, -0.05) is 0 Å². The Hall–Kier alpha value is 0.230. The Morgan fingerprint density at radius 2 is 2.17 bits per heavy atom. The summed E-state index contributed by atoms with van der Waals surface area (Å²) in [6.45, 7) is 5.40. The van der Waals surface area contributed by atoms with E-state index in [1.807, 2.05) is 11.8 Å². The van der Waals surface area contributed by atoms with Crippen molar-refractivity contribution >= 4 is 11.8 Å². The van der Waals surface area contributed by atoms with Gasteiger partial charge in [0, 0.05) is 23.9 Å². The van der Waals surface area contributed by atoms with Gasteiger partial charge in [-0.2, -0.15) is 11.8 Å². The zero-order valence-electron chi connectivity index (χ0n) is 12.2. The molecule has 3 atom stereocenters. The highest BCUT2D eigenvalue weighted by Crippen LogP contribution is 2.42. The van der Waals surface area contributed by atoms with E-state index in [2.05, 4.69) is 32.8 Å². The first-order valence-electron chi connectivity index (χ1n) is 7.02. The molecule has 0 radical (unpaired) electrons. The lowest BCUT2D eigenvalue weighted by molar-refractivity contribution is -0.0903. The third-order valence-corrected chi connectivity index (χ3v) is 6.30. The van der Waals surface area contributed by atoms with E-state index < -0.39 is 0 Å². The van der Waals surface area contributed by atoms with Crippen LogP contribution in [0.5, 0.6) is 0 Å². The Morgan fingerprint density at radius 1 is 1.44 bits per heavy atom. The number of rotatable bonds is 3. The highest BCUT2D eigenvalue weighted by molar-refractivity contribution is 7.99. The van der Waals surface area contributed by atoms with Crippen molar-refractivity contribution < 1.29 is 4.74 Å². The topological polar surface area (TPSA) is 38.5 Å². The predicted molar refractivity (Wildman–Crippen MR) is 79.1 cm³/mol. The molecule has 0 amide bonds. The van der Waals surface area contributed by atoms with Crippen molar-refractivity contribution in [3.8, 4) is 0 Å². The molecule has 0 aromatic rings. The normalized spacial score (nSPS) is 35.3. The molecule has 0 aromatic carbocycles. The molecule has 4 heteroatoms. The van der Waals surface area contributed by atoms with E-state index >= 15 is 0 Å². The highest BCUT2D eigenvalue weighted by atomic mass is 32.2. The Bertz CT molecular complexity index is 288. The van der Waals surface area contributed by atoms with Gasteiger partial charge in [0.1, 0.15) is 0 Å². The van der Waals surface area contributed by atoms with Crippen LogP contribution in [0.2, 0.25) is 0 Å². The molecule has 2 saturated heterocycles. The van der Waals surface area contributed by atoms with E-state index in [1.165, 1.54) is 17.9 Å². The molecule has 2 rings (SSSR count). The molecule has 2 aliphatic heterocycles. The van der Waals surface area contributed by atoms with Crippen molar-refractivity contribution in [1.82, 2.24) is 4.90 Å². The molecule has 2 heterocycles. The van der Waals surface area contributed by atoms with Gasteiger partial charge in [-0.05, 0) is 58.9 Å². The fraction of sp³-hybridized carbons (Fsp3) is 1.00. The second-order valence-corrected chi connectivity index (χ2v) is 7.77. The van der Waals surface area contributed by atoms with Crippen LogP contribution in [-0.4, -0.2) is 54.3 Å². The van der Waals surface area contributed by atoms with Crippen LogP contribution in [0.1, 0.15) is 33.1 Å². The van der Waals surface area contributed by atoms with Crippen molar-refractivity contribution in [2.24, 2.45) is 11.7 Å². The highest BCUT2D eigenvalue weighted by Gasteiger charge is 2.45. The number of thioether (sulfide) groups is 1. The summed E-state index contributed by atoms with van der Waals surface area (Å²) >= 11 is 2.03. The lowest BCUT2D eigenvalue weighted by Crippen LogP contribution is -2.59. The molecule has 106 valence electrons. The second-order valence-electron chi connectivity index (χ2n) is 6.66. The van der Waals surface area contributed by atoms with E-state index in [9.17, 15) is 0 Å². The zero-order chi connectivity index (χ0) is 13.4. The van der Waals surface area contributed by atoms with Gasteiger partial charge >= 0.3 is 0 Å². The first-order chi connectivity index (χ1) is 8.37. The quantitative estimate of drug-likeness (QED) is 0.852. The Labute approximate surface area is 116 Å². The van der Waals surface area contributed by atoms with Crippen molar-refractivity contribution in [2.45, 2.75) is 50.3 Å². The molecule has 1 spiro atoms. The molecule has 0 saturated carbocycles. The molecular formula is C14H28N2OS. The summed E-state index contributed by atoms with van der Waals surface area (Å²) in [6, 6.07) is 0.221. The zero-order valence-corrected chi connectivity index (χ0v) is 13.1. The molecular weight excluding hydrogens is 244 g/mol. The number of likely N-dealkylation sites (N-methyl/N-ethyl adjacent to an activating group) is 1. The van der Waals surface area contributed by atoms with E-state index in [0.29, 0.717) is 5.92 Å². The van der Waals surface area contributed by atoms with Gasteiger partial charge in [-0.3, -0.25) is 0 Å². The first kappa shape index (κ1) is 14.6. The predicted octanol–water partition coefficient (Wildman–Crippen LogP) is 1.96. The monoisotopic (exact) mass is 272 g/mol. The molecule has 2 aliphatic rings. The summed E-state index contributed by atoms with van der Waals surface area (Å²) in [7, 11) is 4.25. The summed E-state index contributed by atoms with van der Waals surface area (Å²) in [5, 5.41) is 0. The van der Waals surface area contributed by atoms with Crippen LogP contribution < -0.4 is 5.73 Å². The molecule has 0 aromatic heterocycles. The summed E-state index contributed by atoms with van der Waals surface area (Å²) in [4.78, 5) is 2.25. The summed E-state index contributed by atoms with van der Waals surface area (Å²) in [5.41, 5.74) is 6.77. The third-order valence-electron chi connectivity index (χ3n) is 5.07. The Kier molecular flexibility index (Phi) is 4.32. The Morgan fingerprint density at radius 3 is 2.72 bits per heavy atom. The number of hydrogen-bond acceptors (Lipinski definition) is 4. The van der Waals surface area contributed by atoms with Crippen LogP contribution in [0.3, 0.4) is 0 Å². The molecule has 3 nitrogen and oxygen atoms in total. The van der Waals surface area contributed by atoms with E-state index in [1.54, 1.807) is 0 Å². The maximum Gasteiger partial charge on any atom is 0.0783 e. The van der Waals surface area contributed by atoms with Gasteiger partial charge in [0.15, 0.2) is 0 Å². The van der Waals surface area contributed by atoms with Crippen molar-refractivity contribution in [3.05, 3.63) is 0 Å². The van der Waals surface area contributed by atoms with E-state index in [4.69, 9.17) is 10.5 Å². The number of nitrogens with zero attached hydrogens (tertiary/aromatic N) is 1. The molecule has 2 fully saturated rings. The summed E-state index contributed by atoms with van der Waals surface area (Å²) in [5.74, 6) is 3.01. The SMILES string of the molecule is CN(C)C(C)(C)C(N)C1CCOC2(CCSC2)C1. The average molecular weight is 272 g/mol. The van der Waals surface area contributed by atoms with Gasteiger partial charge in [-0.15, -0.1) is 0 Å². The maximum atomic E-state index is 6.57. The van der Waals surface area contributed by atoms with E-state index in [0.717, 1.165) is 19.4 Å². The smallest absolute Gasteiger partial charge is 0.0783 e. The average Bonchev–Trinajstić information content (AvgIpc) is 2.76. The van der Waals surface area contributed by atoms with Gasteiger partial charge in [0.05, 0.1) is 5.60 Å². The first-order valence-corrected chi connectivity index (χ1v) is 8.18. The minimum absolute atomic E-state index is 0.0505.